The van der Waals surface area contributed by atoms with Gasteiger partial charge in [0, 0.05) is 17.3 Å². The van der Waals surface area contributed by atoms with E-state index in [4.69, 9.17) is 0 Å². The number of aryl methyl sites for hydroxylation is 1. The van der Waals surface area contributed by atoms with Crippen LogP contribution < -0.4 is 10.2 Å². The summed E-state index contributed by atoms with van der Waals surface area (Å²) in [5.74, 6) is 0.00724. The van der Waals surface area contributed by atoms with Crippen molar-refractivity contribution in [2.75, 3.05) is 16.0 Å². The van der Waals surface area contributed by atoms with Crippen molar-refractivity contribution >= 4 is 35.0 Å². The Morgan fingerprint density at radius 2 is 2.07 bits per heavy atom. The Morgan fingerprint density at radius 1 is 1.27 bits per heavy atom. The van der Waals surface area contributed by atoms with Crippen LogP contribution in [0.4, 0.5) is 15.8 Å². The number of carbonyl (C=O) groups is 2. The molecular formula is C24H29FN2O2S. The fraction of sp³-hybridized carbons (Fsp3) is 0.417. The molecular weight excluding hydrogens is 399 g/mol. The van der Waals surface area contributed by atoms with Crippen LogP contribution in [0.3, 0.4) is 0 Å². The van der Waals surface area contributed by atoms with E-state index in [1.807, 2.05) is 31.2 Å². The third kappa shape index (κ3) is 5.04. The average molecular weight is 429 g/mol. The number of amides is 2. The lowest BCUT2D eigenvalue weighted by molar-refractivity contribution is -0.120. The molecule has 1 N–H and O–H groups in total. The van der Waals surface area contributed by atoms with E-state index in [0.717, 1.165) is 36.9 Å². The number of hydrogen-bond donors (Lipinski definition) is 1. The SMILES string of the molecule is CCCCC(CC)C(=O)Nc1cccc(C2SCC(=O)N2c2ccc(C)c(F)c2)c1. The number of halogens is 1. The first-order valence-corrected chi connectivity index (χ1v) is 11.6. The first-order chi connectivity index (χ1) is 14.4. The van der Waals surface area contributed by atoms with Crippen molar-refractivity contribution in [2.24, 2.45) is 5.92 Å². The van der Waals surface area contributed by atoms with Gasteiger partial charge in [-0.15, -0.1) is 11.8 Å². The van der Waals surface area contributed by atoms with Crippen LogP contribution in [0.1, 0.15) is 56.0 Å². The molecule has 1 heterocycles. The number of thioether (sulfide) groups is 1. The van der Waals surface area contributed by atoms with Gasteiger partial charge < -0.3 is 5.32 Å². The summed E-state index contributed by atoms with van der Waals surface area (Å²) in [6.45, 7) is 5.86. The van der Waals surface area contributed by atoms with Gasteiger partial charge in [0.1, 0.15) is 11.2 Å². The topological polar surface area (TPSA) is 49.4 Å². The predicted octanol–water partition coefficient (Wildman–Crippen LogP) is 6.07. The summed E-state index contributed by atoms with van der Waals surface area (Å²) in [5.41, 5.74) is 2.74. The van der Waals surface area contributed by atoms with Crippen LogP contribution in [-0.2, 0) is 9.59 Å². The monoisotopic (exact) mass is 428 g/mol. The molecule has 6 heteroatoms. The summed E-state index contributed by atoms with van der Waals surface area (Å²) in [4.78, 5) is 26.9. The van der Waals surface area contributed by atoms with Crippen molar-refractivity contribution in [3.8, 4) is 0 Å². The smallest absolute Gasteiger partial charge is 0.238 e. The molecule has 2 aromatic rings. The highest BCUT2D eigenvalue weighted by atomic mass is 32.2. The first kappa shape index (κ1) is 22.3. The molecule has 1 fully saturated rings. The number of carbonyl (C=O) groups excluding carboxylic acids is 2. The minimum atomic E-state index is -0.324. The predicted molar refractivity (Wildman–Crippen MR) is 122 cm³/mol. The van der Waals surface area contributed by atoms with E-state index < -0.39 is 0 Å². The lowest BCUT2D eigenvalue weighted by Crippen LogP contribution is -2.28. The van der Waals surface area contributed by atoms with E-state index in [1.54, 1.807) is 24.0 Å². The van der Waals surface area contributed by atoms with Crippen molar-refractivity contribution in [3.05, 3.63) is 59.4 Å². The number of anilines is 2. The van der Waals surface area contributed by atoms with Crippen LogP contribution >= 0.6 is 11.8 Å². The lowest BCUT2D eigenvalue weighted by atomic mass is 9.98. The van der Waals surface area contributed by atoms with Crippen LogP contribution in [0.15, 0.2) is 42.5 Å². The van der Waals surface area contributed by atoms with Crippen LogP contribution in [0.5, 0.6) is 0 Å². The van der Waals surface area contributed by atoms with Gasteiger partial charge in [-0.1, -0.05) is 44.9 Å². The quantitative estimate of drug-likeness (QED) is 0.555. The molecule has 4 nitrogen and oxygen atoms in total. The van der Waals surface area contributed by atoms with Crippen LogP contribution in [0, 0.1) is 18.7 Å². The molecule has 0 aliphatic carbocycles. The van der Waals surface area contributed by atoms with E-state index in [9.17, 15) is 14.0 Å². The molecule has 2 unspecified atom stereocenters. The molecule has 1 aliphatic heterocycles. The maximum Gasteiger partial charge on any atom is 0.238 e. The first-order valence-electron chi connectivity index (χ1n) is 10.5. The zero-order valence-corrected chi connectivity index (χ0v) is 18.6. The number of unbranched alkanes of at least 4 members (excludes halogenated alkanes) is 1. The van der Waals surface area contributed by atoms with Gasteiger partial charge in [-0.25, -0.2) is 4.39 Å². The minimum Gasteiger partial charge on any atom is -0.326 e. The minimum absolute atomic E-state index is 0.00284. The van der Waals surface area contributed by atoms with Crippen molar-refractivity contribution < 1.29 is 14.0 Å². The van der Waals surface area contributed by atoms with Gasteiger partial charge in [-0.2, -0.15) is 0 Å². The van der Waals surface area contributed by atoms with Crippen LogP contribution in [0.2, 0.25) is 0 Å². The van der Waals surface area contributed by atoms with Gasteiger partial charge in [0.2, 0.25) is 11.8 Å². The highest BCUT2D eigenvalue weighted by Gasteiger charge is 2.34. The molecule has 0 radical (unpaired) electrons. The molecule has 0 aromatic heterocycles. The number of hydrogen-bond acceptors (Lipinski definition) is 3. The molecule has 2 amide bonds. The molecule has 0 saturated carbocycles. The Hall–Kier alpha value is -2.34. The van der Waals surface area contributed by atoms with Crippen LogP contribution in [-0.4, -0.2) is 17.6 Å². The Labute approximate surface area is 182 Å². The zero-order valence-electron chi connectivity index (χ0n) is 17.8. The van der Waals surface area contributed by atoms with Crippen molar-refractivity contribution in [3.63, 3.8) is 0 Å². The lowest BCUT2D eigenvalue weighted by Gasteiger charge is -2.25. The second-order valence-electron chi connectivity index (χ2n) is 7.72. The van der Waals surface area contributed by atoms with Crippen molar-refractivity contribution in [1.29, 1.82) is 0 Å². The van der Waals surface area contributed by atoms with Gasteiger partial charge in [0.15, 0.2) is 0 Å². The van der Waals surface area contributed by atoms with Gasteiger partial charge in [-0.05, 0) is 55.2 Å². The maximum atomic E-state index is 14.1. The normalized spacial score (nSPS) is 17.3. The Morgan fingerprint density at radius 3 is 2.77 bits per heavy atom. The standard InChI is InChI=1S/C24H29FN2O2S/c1-4-6-8-17(5-2)23(29)26-19-10-7-9-18(13-19)24-27(22(28)15-30-24)20-12-11-16(3)21(25)14-20/h7,9-14,17,24H,4-6,8,15H2,1-3H3,(H,26,29). The van der Waals surface area contributed by atoms with Crippen LogP contribution in [0.25, 0.3) is 0 Å². The molecule has 2 atom stereocenters. The second kappa shape index (κ2) is 10.1. The summed E-state index contributed by atoms with van der Waals surface area (Å²) in [6.07, 6.45) is 3.81. The fourth-order valence-electron chi connectivity index (χ4n) is 3.67. The summed E-state index contributed by atoms with van der Waals surface area (Å²) >= 11 is 1.51. The van der Waals surface area contributed by atoms with Crippen molar-refractivity contribution in [2.45, 2.75) is 51.8 Å². The largest absolute Gasteiger partial charge is 0.326 e. The average Bonchev–Trinajstić information content (AvgIpc) is 3.12. The Balaban J connectivity index is 1.81. The molecule has 160 valence electrons. The summed E-state index contributed by atoms with van der Waals surface area (Å²) in [7, 11) is 0. The third-order valence-corrected chi connectivity index (χ3v) is 6.72. The van der Waals surface area contributed by atoms with E-state index in [2.05, 4.69) is 12.2 Å². The Bertz CT molecular complexity index is 918. The number of benzene rings is 2. The fourth-order valence-corrected chi connectivity index (χ4v) is 4.83. The van der Waals surface area contributed by atoms with Gasteiger partial charge in [0.05, 0.1) is 5.75 Å². The summed E-state index contributed by atoms with van der Waals surface area (Å²) in [5, 5.41) is 2.79. The molecule has 0 bridgehead atoms. The summed E-state index contributed by atoms with van der Waals surface area (Å²) < 4.78 is 14.1. The highest BCUT2D eigenvalue weighted by Crippen LogP contribution is 2.42. The highest BCUT2D eigenvalue weighted by molar-refractivity contribution is 8.00. The summed E-state index contributed by atoms with van der Waals surface area (Å²) in [6, 6.07) is 12.5. The number of nitrogens with zero attached hydrogens (tertiary/aromatic N) is 1. The van der Waals surface area contributed by atoms with Gasteiger partial charge >= 0.3 is 0 Å². The van der Waals surface area contributed by atoms with E-state index >= 15 is 0 Å². The van der Waals surface area contributed by atoms with Gasteiger partial charge in [-0.3, -0.25) is 14.5 Å². The molecule has 2 aromatic carbocycles. The molecule has 0 spiro atoms. The van der Waals surface area contributed by atoms with Crippen molar-refractivity contribution in [1.82, 2.24) is 0 Å². The maximum absolute atomic E-state index is 14.1. The van der Waals surface area contributed by atoms with E-state index in [0.29, 0.717) is 17.0 Å². The molecule has 3 rings (SSSR count). The second-order valence-corrected chi connectivity index (χ2v) is 8.79. The third-order valence-electron chi connectivity index (χ3n) is 5.51. The molecule has 30 heavy (non-hydrogen) atoms. The Kier molecular flexibility index (Phi) is 7.53. The van der Waals surface area contributed by atoms with Gasteiger partial charge in [0.25, 0.3) is 0 Å². The number of rotatable bonds is 8. The van der Waals surface area contributed by atoms with E-state index in [-0.39, 0.29) is 28.9 Å². The zero-order chi connectivity index (χ0) is 21.7. The van der Waals surface area contributed by atoms with E-state index in [1.165, 1.54) is 17.8 Å². The molecule has 1 saturated heterocycles. The molecule has 1 aliphatic rings. The number of nitrogens with one attached hydrogen (secondary N) is 1.